The summed E-state index contributed by atoms with van der Waals surface area (Å²) in [6.45, 7) is 6.24. The lowest BCUT2D eigenvalue weighted by molar-refractivity contribution is 0.0979. The SMILES string of the molecule is CCCn1c(=NC(=O)c2ccc(S(=O)(=O)N(C)CC3CCCO3)cc2)sc2cccc(OCC)c21. The van der Waals surface area contributed by atoms with Crippen molar-refractivity contribution in [1.29, 1.82) is 0 Å². The van der Waals surface area contributed by atoms with Crippen molar-refractivity contribution in [2.45, 2.75) is 50.7 Å². The van der Waals surface area contributed by atoms with Crippen molar-refractivity contribution in [3.05, 3.63) is 52.8 Å². The average Bonchev–Trinajstić information content (AvgIpc) is 3.48. The highest BCUT2D eigenvalue weighted by molar-refractivity contribution is 7.89. The first-order valence-electron chi connectivity index (χ1n) is 11.9. The standard InChI is InChI=1S/C25H31N3O5S2/c1-4-15-28-23-21(32-5-2)9-6-10-22(23)34-25(28)26-24(29)18-11-13-20(14-12-18)35(30,31)27(3)17-19-8-7-16-33-19/h6,9-14,19H,4-5,7-8,15-17H2,1-3H3. The third-order valence-electron chi connectivity index (χ3n) is 5.90. The van der Waals surface area contributed by atoms with Gasteiger partial charge in [0.15, 0.2) is 4.80 Å². The van der Waals surface area contributed by atoms with E-state index in [0.717, 1.165) is 35.2 Å². The molecule has 0 N–H and O–H groups in total. The number of rotatable bonds is 9. The van der Waals surface area contributed by atoms with Crippen LogP contribution in [0, 0.1) is 0 Å². The molecule has 0 saturated carbocycles. The second-order valence-corrected chi connectivity index (χ2v) is 11.5. The number of nitrogens with zero attached hydrogens (tertiary/aromatic N) is 3. The summed E-state index contributed by atoms with van der Waals surface area (Å²) in [6.07, 6.45) is 2.61. The lowest BCUT2D eigenvalue weighted by Gasteiger charge is -2.20. The van der Waals surface area contributed by atoms with Crippen LogP contribution in [0.2, 0.25) is 0 Å². The molecule has 4 rings (SSSR count). The van der Waals surface area contributed by atoms with Crippen LogP contribution in [0.4, 0.5) is 0 Å². The van der Waals surface area contributed by atoms with Crippen LogP contribution in [0.15, 0.2) is 52.4 Å². The molecule has 8 nitrogen and oxygen atoms in total. The van der Waals surface area contributed by atoms with Crippen molar-refractivity contribution in [2.24, 2.45) is 4.99 Å². The number of fused-ring (bicyclic) bond motifs is 1. The fourth-order valence-corrected chi connectivity index (χ4v) is 6.43. The van der Waals surface area contributed by atoms with Crippen molar-refractivity contribution in [3.63, 3.8) is 0 Å². The lowest BCUT2D eigenvalue weighted by Crippen LogP contribution is -2.34. The normalized spacial score (nSPS) is 16.9. The van der Waals surface area contributed by atoms with Gasteiger partial charge in [-0.1, -0.05) is 24.3 Å². The predicted molar refractivity (Wildman–Crippen MR) is 136 cm³/mol. The van der Waals surface area contributed by atoms with Gasteiger partial charge in [0.25, 0.3) is 5.91 Å². The summed E-state index contributed by atoms with van der Waals surface area (Å²) in [4.78, 5) is 18.1. The molecular formula is C25H31N3O5S2. The quantitative estimate of drug-likeness (QED) is 0.427. The second kappa shape index (κ2) is 11.0. The van der Waals surface area contributed by atoms with Gasteiger partial charge in [-0.15, -0.1) is 0 Å². The Balaban J connectivity index is 1.61. The summed E-state index contributed by atoms with van der Waals surface area (Å²) in [7, 11) is -2.12. The summed E-state index contributed by atoms with van der Waals surface area (Å²) in [5.41, 5.74) is 1.26. The highest BCUT2D eigenvalue weighted by Gasteiger charge is 2.26. The lowest BCUT2D eigenvalue weighted by atomic mass is 10.2. The minimum Gasteiger partial charge on any atom is -0.492 e. The summed E-state index contributed by atoms with van der Waals surface area (Å²) >= 11 is 1.43. The van der Waals surface area contributed by atoms with Gasteiger partial charge in [-0.05, 0) is 62.6 Å². The molecule has 2 aromatic carbocycles. The van der Waals surface area contributed by atoms with Crippen LogP contribution in [-0.2, 0) is 21.3 Å². The van der Waals surface area contributed by atoms with Crippen molar-refractivity contribution in [2.75, 3.05) is 26.8 Å². The minimum atomic E-state index is -3.67. The van der Waals surface area contributed by atoms with Gasteiger partial charge in [0, 0.05) is 32.3 Å². The first-order valence-corrected chi connectivity index (χ1v) is 14.1. The predicted octanol–water partition coefficient (Wildman–Crippen LogP) is 4.05. The summed E-state index contributed by atoms with van der Waals surface area (Å²) in [6, 6.07) is 11.8. The van der Waals surface area contributed by atoms with Gasteiger partial charge in [0.1, 0.15) is 11.3 Å². The molecule has 1 aliphatic heterocycles. The van der Waals surface area contributed by atoms with Gasteiger partial charge >= 0.3 is 0 Å². The Morgan fingerprint density at radius 2 is 2.00 bits per heavy atom. The van der Waals surface area contributed by atoms with Crippen LogP contribution in [0.1, 0.15) is 43.5 Å². The first-order chi connectivity index (χ1) is 16.8. The molecule has 1 aromatic heterocycles. The number of hydrogen-bond acceptors (Lipinski definition) is 6. The number of aryl methyl sites for hydroxylation is 1. The van der Waals surface area contributed by atoms with Crippen LogP contribution < -0.4 is 9.54 Å². The van der Waals surface area contributed by atoms with Gasteiger partial charge in [-0.3, -0.25) is 4.79 Å². The zero-order valence-corrected chi connectivity index (χ0v) is 21.9. The molecule has 1 amide bonds. The first kappa shape index (κ1) is 25.6. The van der Waals surface area contributed by atoms with E-state index >= 15 is 0 Å². The number of carbonyl (C=O) groups is 1. The highest BCUT2D eigenvalue weighted by Crippen LogP contribution is 2.28. The third kappa shape index (κ3) is 5.50. The molecule has 1 atom stereocenters. The largest absolute Gasteiger partial charge is 0.492 e. The molecule has 35 heavy (non-hydrogen) atoms. The molecule has 0 bridgehead atoms. The molecule has 1 aliphatic rings. The Morgan fingerprint density at radius 3 is 2.66 bits per heavy atom. The zero-order valence-electron chi connectivity index (χ0n) is 20.3. The smallest absolute Gasteiger partial charge is 0.279 e. The molecule has 0 aliphatic carbocycles. The molecular weight excluding hydrogens is 486 g/mol. The van der Waals surface area contributed by atoms with E-state index in [4.69, 9.17) is 9.47 Å². The van der Waals surface area contributed by atoms with Crippen molar-refractivity contribution >= 4 is 37.5 Å². The number of ether oxygens (including phenoxy) is 2. The number of thiazole rings is 1. The van der Waals surface area contributed by atoms with Crippen LogP contribution in [0.25, 0.3) is 10.2 Å². The molecule has 0 spiro atoms. The number of benzene rings is 2. The Kier molecular flexibility index (Phi) is 8.05. The molecule has 1 saturated heterocycles. The molecule has 2 heterocycles. The Labute approximate surface area is 209 Å². The molecule has 188 valence electrons. The van der Waals surface area contributed by atoms with Gasteiger partial charge < -0.3 is 14.0 Å². The molecule has 3 aromatic rings. The number of hydrogen-bond donors (Lipinski definition) is 0. The minimum absolute atomic E-state index is 0.0752. The monoisotopic (exact) mass is 517 g/mol. The fraction of sp³-hybridized carbons (Fsp3) is 0.440. The number of sulfonamides is 1. The molecule has 1 unspecified atom stereocenters. The number of carbonyl (C=O) groups excluding carboxylic acids is 1. The van der Waals surface area contributed by atoms with Gasteiger partial charge in [-0.2, -0.15) is 9.30 Å². The van der Waals surface area contributed by atoms with E-state index < -0.39 is 15.9 Å². The Bertz CT molecular complexity index is 1350. The maximum Gasteiger partial charge on any atom is 0.279 e. The van der Waals surface area contributed by atoms with E-state index in [1.165, 1.54) is 39.9 Å². The summed E-state index contributed by atoms with van der Waals surface area (Å²) < 4.78 is 41.6. The third-order valence-corrected chi connectivity index (χ3v) is 8.78. The van der Waals surface area contributed by atoms with E-state index in [0.29, 0.717) is 36.7 Å². The van der Waals surface area contributed by atoms with E-state index in [-0.39, 0.29) is 11.0 Å². The number of likely N-dealkylation sites (N-methyl/N-ethyl adjacent to an activating group) is 1. The number of aromatic nitrogens is 1. The Morgan fingerprint density at radius 1 is 1.23 bits per heavy atom. The topological polar surface area (TPSA) is 90.2 Å². The van der Waals surface area contributed by atoms with Crippen molar-refractivity contribution in [3.8, 4) is 5.75 Å². The Hall–Kier alpha value is -2.53. The van der Waals surface area contributed by atoms with E-state index in [1.807, 2.05) is 29.7 Å². The van der Waals surface area contributed by atoms with Crippen molar-refractivity contribution in [1.82, 2.24) is 8.87 Å². The van der Waals surface area contributed by atoms with Crippen LogP contribution in [0.3, 0.4) is 0 Å². The van der Waals surface area contributed by atoms with Gasteiger partial charge in [0.05, 0.1) is 22.3 Å². The molecule has 1 fully saturated rings. The van der Waals surface area contributed by atoms with E-state index in [1.54, 1.807) is 7.05 Å². The van der Waals surface area contributed by atoms with Gasteiger partial charge in [0.2, 0.25) is 10.0 Å². The number of amides is 1. The van der Waals surface area contributed by atoms with Crippen LogP contribution in [-0.4, -0.2) is 56.1 Å². The van der Waals surface area contributed by atoms with Crippen molar-refractivity contribution < 1.29 is 22.7 Å². The van der Waals surface area contributed by atoms with Crippen LogP contribution in [0.5, 0.6) is 5.75 Å². The zero-order chi connectivity index (χ0) is 25.0. The summed E-state index contributed by atoms with van der Waals surface area (Å²) in [5.74, 6) is 0.348. The summed E-state index contributed by atoms with van der Waals surface area (Å²) in [5, 5.41) is 0. The molecule has 0 radical (unpaired) electrons. The second-order valence-electron chi connectivity index (χ2n) is 8.43. The average molecular weight is 518 g/mol. The van der Waals surface area contributed by atoms with Gasteiger partial charge in [-0.25, -0.2) is 8.42 Å². The molecule has 10 heteroatoms. The maximum absolute atomic E-state index is 13.0. The highest BCUT2D eigenvalue weighted by atomic mass is 32.2. The van der Waals surface area contributed by atoms with Crippen LogP contribution >= 0.6 is 11.3 Å². The fourth-order valence-electron chi connectivity index (χ4n) is 4.16. The maximum atomic E-state index is 13.0. The van der Waals surface area contributed by atoms with E-state index in [9.17, 15) is 13.2 Å². The number of para-hydroxylation sites is 1. The van der Waals surface area contributed by atoms with E-state index in [2.05, 4.69) is 11.9 Å².